The van der Waals surface area contributed by atoms with Crippen LogP contribution in [0, 0.1) is 11.3 Å². The quantitative estimate of drug-likeness (QED) is 0.562. The van der Waals surface area contributed by atoms with Crippen molar-refractivity contribution in [2.24, 2.45) is 0 Å². The Kier molecular flexibility index (Phi) is 1.33. The molecule has 0 saturated carbocycles. The highest BCUT2D eigenvalue weighted by atomic mass is 16.1. The molecule has 0 atom stereocenters. The summed E-state index contributed by atoms with van der Waals surface area (Å²) in [6, 6.07) is 4.93. The molecule has 2 heterocycles. The third-order valence-corrected chi connectivity index (χ3v) is 1.65. The lowest BCUT2D eigenvalue weighted by molar-refractivity contribution is 0.891. The van der Waals surface area contributed by atoms with Crippen molar-refractivity contribution in [3.05, 3.63) is 28.2 Å². The van der Waals surface area contributed by atoms with E-state index in [9.17, 15) is 4.79 Å². The largest absolute Gasteiger partial charge is 0.368 e. The molecule has 2 aromatic rings. The first-order valence-corrected chi connectivity index (χ1v) is 3.50. The highest BCUT2D eigenvalue weighted by Crippen LogP contribution is 2.02. The van der Waals surface area contributed by atoms with Crippen LogP contribution in [0.5, 0.6) is 0 Å². The van der Waals surface area contributed by atoms with Crippen LogP contribution in [0.3, 0.4) is 0 Å². The van der Waals surface area contributed by atoms with E-state index < -0.39 is 0 Å². The average molecular weight is 175 g/mol. The van der Waals surface area contributed by atoms with Crippen molar-refractivity contribution in [2.45, 2.75) is 0 Å². The maximum atomic E-state index is 11.2. The zero-order valence-corrected chi connectivity index (χ0v) is 6.48. The number of aromatic nitrogens is 3. The minimum atomic E-state index is -0.353. The molecule has 2 aromatic heterocycles. The predicted molar refractivity (Wildman–Crippen MR) is 44.9 cm³/mol. The van der Waals surface area contributed by atoms with Gasteiger partial charge in [0.15, 0.2) is 0 Å². The third-order valence-electron chi connectivity index (χ3n) is 1.65. The molecular formula is C7H5N5O. The van der Waals surface area contributed by atoms with Crippen LogP contribution in [0.1, 0.15) is 5.69 Å². The molecule has 3 N–H and O–H groups in total. The molecule has 6 nitrogen and oxygen atoms in total. The summed E-state index contributed by atoms with van der Waals surface area (Å²) < 4.78 is 1.22. The summed E-state index contributed by atoms with van der Waals surface area (Å²) in [6.07, 6.45) is 0. The molecule has 0 bridgehead atoms. The molecule has 0 aromatic carbocycles. The van der Waals surface area contributed by atoms with Gasteiger partial charge in [0.2, 0.25) is 5.95 Å². The van der Waals surface area contributed by atoms with Crippen molar-refractivity contribution in [2.75, 3.05) is 5.73 Å². The van der Waals surface area contributed by atoms with Gasteiger partial charge in [-0.15, -0.1) is 5.10 Å². The van der Waals surface area contributed by atoms with Crippen LogP contribution in [-0.4, -0.2) is 14.6 Å². The molecule has 0 radical (unpaired) electrons. The number of hydrogen-bond donors (Lipinski definition) is 2. The summed E-state index contributed by atoms with van der Waals surface area (Å²) in [7, 11) is 0. The van der Waals surface area contributed by atoms with Gasteiger partial charge in [0.05, 0.1) is 0 Å². The second kappa shape index (κ2) is 2.35. The Balaban J connectivity index is 3.00. The number of nitriles is 1. The zero-order valence-electron chi connectivity index (χ0n) is 6.48. The summed E-state index contributed by atoms with van der Waals surface area (Å²) >= 11 is 0. The topological polar surface area (TPSA) is 100.0 Å². The molecular weight excluding hydrogens is 170 g/mol. The number of fused-ring (bicyclic) bond motifs is 1. The summed E-state index contributed by atoms with van der Waals surface area (Å²) in [5, 5.41) is 12.4. The van der Waals surface area contributed by atoms with E-state index in [-0.39, 0.29) is 17.2 Å². The lowest BCUT2D eigenvalue weighted by atomic mass is 10.5. The highest BCUT2D eigenvalue weighted by Gasteiger charge is 2.05. The van der Waals surface area contributed by atoms with Gasteiger partial charge in [0.25, 0.3) is 5.56 Å². The van der Waals surface area contributed by atoms with Crippen LogP contribution in [-0.2, 0) is 0 Å². The van der Waals surface area contributed by atoms with Crippen LogP contribution in [0.25, 0.3) is 5.52 Å². The Labute approximate surface area is 72.2 Å². The van der Waals surface area contributed by atoms with Gasteiger partial charge in [-0.05, 0) is 12.1 Å². The zero-order chi connectivity index (χ0) is 9.42. The van der Waals surface area contributed by atoms with Gasteiger partial charge in [0, 0.05) is 0 Å². The lowest BCUT2D eigenvalue weighted by Gasteiger charge is -1.95. The van der Waals surface area contributed by atoms with E-state index in [0.717, 1.165) is 0 Å². The summed E-state index contributed by atoms with van der Waals surface area (Å²) in [6.45, 7) is 0. The van der Waals surface area contributed by atoms with Crippen molar-refractivity contribution >= 4 is 11.5 Å². The van der Waals surface area contributed by atoms with Gasteiger partial charge < -0.3 is 5.73 Å². The number of anilines is 1. The highest BCUT2D eigenvalue weighted by molar-refractivity contribution is 5.49. The average Bonchev–Trinajstić information content (AvgIpc) is 2.47. The molecule has 64 valence electrons. The molecule has 0 fully saturated rings. The predicted octanol–water partition coefficient (Wildman–Crippen LogP) is -0.524. The smallest absolute Gasteiger partial charge is 0.276 e. The van der Waals surface area contributed by atoms with Gasteiger partial charge >= 0.3 is 0 Å². The van der Waals surface area contributed by atoms with E-state index in [4.69, 9.17) is 11.0 Å². The van der Waals surface area contributed by atoms with Gasteiger partial charge in [-0.3, -0.25) is 9.78 Å². The van der Waals surface area contributed by atoms with E-state index in [0.29, 0.717) is 5.52 Å². The number of nitrogens with zero attached hydrogens (tertiary/aromatic N) is 3. The van der Waals surface area contributed by atoms with Gasteiger partial charge in [-0.2, -0.15) is 5.26 Å². The third kappa shape index (κ3) is 0.945. The van der Waals surface area contributed by atoms with Crippen LogP contribution < -0.4 is 11.3 Å². The summed E-state index contributed by atoms with van der Waals surface area (Å²) in [5.74, 6) is -0.00907. The fourth-order valence-corrected chi connectivity index (χ4v) is 1.11. The first-order chi connectivity index (χ1) is 6.22. The van der Waals surface area contributed by atoms with Crippen molar-refractivity contribution < 1.29 is 0 Å². The number of nitrogens with one attached hydrogen (secondary N) is 1. The molecule has 0 aliphatic heterocycles. The fourth-order valence-electron chi connectivity index (χ4n) is 1.11. The number of hydrogen-bond acceptors (Lipinski definition) is 4. The maximum Gasteiger partial charge on any atom is 0.276 e. The van der Waals surface area contributed by atoms with Crippen molar-refractivity contribution in [1.82, 2.24) is 14.6 Å². The second-order valence-corrected chi connectivity index (χ2v) is 2.47. The Bertz CT molecular complexity index is 558. The van der Waals surface area contributed by atoms with Crippen molar-refractivity contribution in [1.29, 1.82) is 5.26 Å². The SMILES string of the molecule is N#Cc1ccc2c(=O)[nH]c(N)nn12. The van der Waals surface area contributed by atoms with E-state index in [1.54, 1.807) is 0 Å². The molecule has 0 aliphatic carbocycles. The monoisotopic (exact) mass is 175 g/mol. The van der Waals surface area contributed by atoms with Crippen molar-refractivity contribution in [3.63, 3.8) is 0 Å². The molecule has 0 aliphatic rings. The molecule has 0 amide bonds. The van der Waals surface area contributed by atoms with Gasteiger partial charge in [-0.25, -0.2) is 4.52 Å². The fraction of sp³-hybridized carbons (Fsp3) is 0. The number of nitrogens with two attached hydrogens (primary N) is 1. The maximum absolute atomic E-state index is 11.2. The minimum absolute atomic E-state index is 0.00907. The molecule has 2 rings (SSSR count). The molecule has 0 unspecified atom stereocenters. The van der Waals surface area contributed by atoms with Crippen LogP contribution in [0.2, 0.25) is 0 Å². The minimum Gasteiger partial charge on any atom is -0.368 e. The standard InChI is InChI=1S/C7H5N5O/c8-3-4-1-2-5-6(13)10-7(9)11-12(4)5/h1-2H,(H3,9,10,11,13). The van der Waals surface area contributed by atoms with E-state index in [2.05, 4.69) is 10.1 Å². The molecule has 6 heteroatoms. The normalized spacial score (nSPS) is 10.1. The first-order valence-electron chi connectivity index (χ1n) is 3.50. The summed E-state index contributed by atoms with van der Waals surface area (Å²) in [5.41, 5.74) is 5.55. The lowest BCUT2D eigenvalue weighted by Crippen LogP contribution is -2.15. The Morgan fingerprint density at radius 2 is 2.38 bits per heavy atom. The van der Waals surface area contributed by atoms with Gasteiger partial charge in [-0.1, -0.05) is 0 Å². The molecule has 0 spiro atoms. The van der Waals surface area contributed by atoms with Gasteiger partial charge in [0.1, 0.15) is 17.3 Å². The Hall–Kier alpha value is -2.29. The van der Waals surface area contributed by atoms with Crippen LogP contribution in [0.4, 0.5) is 5.95 Å². The Morgan fingerprint density at radius 1 is 1.62 bits per heavy atom. The second-order valence-electron chi connectivity index (χ2n) is 2.47. The van der Waals surface area contributed by atoms with E-state index in [1.807, 2.05) is 6.07 Å². The number of rotatable bonds is 0. The molecule has 0 saturated heterocycles. The Morgan fingerprint density at radius 3 is 3.08 bits per heavy atom. The number of nitrogen functional groups attached to an aromatic ring is 1. The molecule has 13 heavy (non-hydrogen) atoms. The van der Waals surface area contributed by atoms with E-state index in [1.165, 1.54) is 16.6 Å². The number of aromatic amines is 1. The van der Waals surface area contributed by atoms with Crippen molar-refractivity contribution in [3.8, 4) is 6.07 Å². The van der Waals surface area contributed by atoms with Crippen LogP contribution in [0.15, 0.2) is 16.9 Å². The van der Waals surface area contributed by atoms with Crippen LogP contribution >= 0.6 is 0 Å². The first kappa shape index (κ1) is 7.36. The van der Waals surface area contributed by atoms with E-state index >= 15 is 0 Å². The number of H-pyrrole nitrogens is 1. The summed E-state index contributed by atoms with van der Waals surface area (Å²) in [4.78, 5) is 13.6.